The lowest BCUT2D eigenvalue weighted by Gasteiger charge is -2.49. The van der Waals surface area contributed by atoms with Crippen molar-refractivity contribution in [1.82, 2.24) is 4.31 Å². The molecule has 41 heavy (non-hydrogen) atoms. The van der Waals surface area contributed by atoms with Crippen LogP contribution < -0.4 is 0 Å². The third kappa shape index (κ3) is 4.56. The average molecular weight is 592 g/mol. The third-order valence-corrected chi connectivity index (χ3v) is 13.1. The van der Waals surface area contributed by atoms with E-state index >= 15 is 0 Å². The summed E-state index contributed by atoms with van der Waals surface area (Å²) in [4.78, 5) is 27.3. The first-order valence-electron chi connectivity index (χ1n) is 15.1. The van der Waals surface area contributed by atoms with Crippen molar-refractivity contribution in [3.05, 3.63) is 35.9 Å². The maximum atomic E-state index is 14.3. The van der Waals surface area contributed by atoms with E-state index in [1.54, 1.807) is 11.2 Å². The quantitative estimate of drug-likeness (QED) is 0.309. The van der Waals surface area contributed by atoms with Crippen molar-refractivity contribution in [2.45, 2.75) is 123 Å². The van der Waals surface area contributed by atoms with Gasteiger partial charge in [-0.3, -0.25) is 4.79 Å². The summed E-state index contributed by atoms with van der Waals surface area (Å²) >= 11 is 0. The Bertz CT molecular complexity index is 1250. The molecular formula is C32H49NO7S. The van der Waals surface area contributed by atoms with Gasteiger partial charge in [0.05, 0.1) is 24.7 Å². The van der Waals surface area contributed by atoms with E-state index < -0.39 is 49.6 Å². The number of fused-ring (bicyclic) bond motifs is 3. The Morgan fingerprint density at radius 1 is 1.12 bits per heavy atom. The monoisotopic (exact) mass is 591 g/mol. The van der Waals surface area contributed by atoms with E-state index in [0.29, 0.717) is 25.7 Å². The fraction of sp³-hybridized carbons (Fsp3) is 0.750. The Labute approximate surface area is 246 Å². The maximum absolute atomic E-state index is 14.3. The largest absolute Gasteiger partial charge is 0.469 e. The van der Waals surface area contributed by atoms with Crippen LogP contribution in [0.5, 0.6) is 0 Å². The van der Waals surface area contributed by atoms with E-state index in [4.69, 9.17) is 14.2 Å². The highest BCUT2D eigenvalue weighted by molar-refractivity contribution is 7.89. The number of sulfonamides is 1. The van der Waals surface area contributed by atoms with Crippen molar-refractivity contribution in [1.29, 1.82) is 0 Å². The SMILES string of the molecule is CCC[C@@](CC(=O)OC)(c1ccccc1)[C@@]1(C)O[C@@]2(C[C@H]3CC[C@]2(CS(=O)(=O)N(C(C)C)C(C)C)C3(C)C)OC1=O. The van der Waals surface area contributed by atoms with E-state index in [9.17, 15) is 18.0 Å². The van der Waals surface area contributed by atoms with Crippen molar-refractivity contribution in [2.75, 3.05) is 12.9 Å². The van der Waals surface area contributed by atoms with Gasteiger partial charge in [0.15, 0.2) is 5.60 Å². The van der Waals surface area contributed by atoms with Gasteiger partial charge in [-0.1, -0.05) is 57.5 Å². The second-order valence-electron chi connectivity index (χ2n) is 13.7. The van der Waals surface area contributed by atoms with Gasteiger partial charge in [0.1, 0.15) is 0 Å². The van der Waals surface area contributed by atoms with Gasteiger partial charge >= 0.3 is 11.9 Å². The highest BCUT2D eigenvalue weighted by Crippen LogP contribution is 2.74. The van der Waals surface area contributed by atoms with E-state index in [1.165, 1.54) is 7.11 Å². The molecule has 0 N–H and O–H groups in total. The van der Waals surface area contributed by atoms with Crippen LogP contribution in [0.1, 0.15) is 99.5 Å². The van der Waals surface area contributed by atoms with E-state index in [-0.39, 0.29) is 30.2 Å². The number of nitrogens with zero attached hydrogens (tertiary/aromatic N) is 1. The summed E-state index contributed by atoms with van der Waals surface area (Å²) in [5.74, 6) is -2.48. The minimum atomic E-state index is -3.77. The lowest BCUT2D eigenvalue weighted by atomic mass is 9.63. The molecule has 2 saturated carbocycles. The lowest BCUT2D eigenvalue weighted by molar-refractivity contribution is -0.262. The molecule has 1 aromatic rings. The first-order valence-corrected chi connectivity index (χ1v) is 16.7. The molecule has 0 radical (unpaired) electrons. The van der Waals surface area contributed by atoms with Crippen LogP contribution in [0.2, 0.25) is 0 Å². The second-order valence-corrected chi connectivity index (χ2v) is 15.6. The summed E-state index contributed by atoms with van der Waals surface area (Å²) in [6, 6.07) is 9.06. The van der Waals surface area contributed by atoms with Crippen LogP contribution in [0.4, 0.5) is 0 Å². The van der Waals surface area contributed by atoms with Gasteiger partial charge in [-0.15, -0.1) is 0 Å². The number of methoxy groups -OCH3 is 1. The number of carbonyl (C=O) groups is 2. The highest BCUT2D eigenvalue weighted by Gasteiger charge is 2.81. The minimum Gasteiger partial charge on any atom is -0.469 e. The van der Waals surface area contributed by atoms with Crippen LogP contribution in [-0.2, 0) is 39.2 Å². The molecule has 9 heteroatoms. The number of hydrogen-bond acceptors (Lipinski definition) is 7. The Morgan fingerprint density at radius 2 is 1.73 bits per heavy atom. The molecule has 5 atom stereocenters. The molecule has 8 nitrogen and oxygen atoms in total. The predicted octanol–water partition coefficient (Wildman–Crippen LogP) is 5.59. The molecule has 2 bridgehead atoms. The minimum absolute atomic E-state index is 0.0738. The lowest BCUT2D eigenvalue weighted by Crippen LogP contribution is -2.60. The van der Waals surface area contributed by atoms with Gasteiger partial charge in [-0.25, -0.2) is 13.2 Å². The van der Waals surface area contributed by atoms with E-state index in [0.717, 1.165) is 12.0 Å². The van der Waals surface area contributed by atoms with Gasteiger partial charge in [-0.05, 0) is 70.8 Å². The first-order chi connectivity index (χ1) is 19.0. The van der Waals surface area contributed by atoms with Crippen molar-refractivity contribution in [2.24, 2.45) is 16.7 Å². The van der Waals surface area contributed by atoms with Gasteiger partial charge in [-0.2, -0.15) is 4.31 Å². The second kappa shape index (κ2) is 10.6. The van der Waals surface area contributed by atoms with Crippen molar-refractivity contribution in [3.63, 3.8) is 0 Å². The molecule has 0 unspecified atom stereocenters. The van der Waals surface area contributed by atoms with Crippen LogP contribution in [0.25, 0.3) is 0 Å². The van der Waals surface area contributed by atoms with Crippen LogP contribution in [-0.4, -0.2) is 61.0 Å². The average Bonchev–Trinajstić information content (AvgIpc) is 3.34. The van der Waals surface area contributed by atoms with Crippen molar-refractivity contribution < 1.29 is 32.2 Å². The maximum Gasteiger partial charge on any atom is 0.341 e. The number of carbonyl (C=O) groups excluding carboxylic acids is 2. The van der Waals surface area contributed by atoms with Gasteiger partial charge < -0.3 is 14.2 Å². The topological polar surface area (TPSA) is 99.2 Å². The zero-order valence-corrected chi connectivity index (χ0v) is 27.1. The smallest absolute Gasteiger partial charge is 0.341 e. The zero-order chi connectivity index (χ0) is 30.6. The fourth-order valence-corrected chi connectivity index (χ4v) is 11.6. The van der Waals surface area contributed by atoms with Gasteiger partial charge in [0.2, 0.25) is 15.8 Å². The van der Waals surface area contributed by atoms with Gasteiger partial charge in [0, 0.05) is 23.9 Å². The number of hydrogen-bond donors (Lipinski definition) is 0. The Kier molecular flexibility index (Phi) is 8.29. The Morgan fingerprint density at radius 3 is 2.24 bits per heavy atom. The Hall–Kier alpha value is -1.97. The molecule has 3 fully saturated rings. The predicted molar refractivity (Wildman–Crippen MR) is 157 cm³/mol. The van der Waals surface area contributed by atoms with Crippen molar-refractivity contribution >= 4 is 22.0 Å². The Balaban J connectivity index is 1.89. The van der Waals surface area contributed by atoms with Crippen LogP contribution in [0.3, 0.4) is 0 Å². The van der Waals surface area contributed by atoms with E-state index in [2.05, 4.69) is 13.8 Å². The molecule has 230 valence electrons. The molecule has 1 spiro atoms. The van der Waals surface area contributed by atoms with Crippen LogP contribution in [0, 0.1) is 16.7 Å². The molecule has 1 saturated heterocycles. The molecule has 3 aliphatic rings. The molecular weight excluding hydrogens is 542 g/mol. The molecule has 0 aromatic heterocycles. The summed E-state index contributed by atoms with van der Waals surface area (Å²) in [6.07, 6.45) is 2.91. The summed E-state index contributed by atoms with van der Waals surface area (Å²) in [5.41, 5.74) is -3.26. The van der Waals surface area contributed by atoms with Crippen LogP contribution in [0.15, 0.2) is 30.3 Å². The number of ether oxygens (including phenoxy) is 3. The molecule has 2 aliphatic carbocycles. The number of esters is 2. The zero-order valence-electron chi connectivity index (χ0n) is 26.3. The molecule has 1 heterocycles. The first kappa shape index (κ1) is 32.0. The molecule has 1 aromatic carbocycles. The number of rotatable bonds is 11. The molecule has 0 amide bonds. The summed E-state index contributed by atoms with van der Waals surface area (Å²) in [7, 11) is -2.43. The summed E-state index contributed by atoms with van der Waals surface area (Å²) in [5, 5.41) is 0. The third-order valence-electron chi connectivity index (χ3n) is 10.8. The summed E-state index contributed by atoms with van der Waals surface area (Å²) in [6.45, 7) is 15.5. The normalized spacial score (nSPS) is 32.2. The summed E-state index contributed by atoms with van der Waals surface area (Å²) < 4.78 is 48.6. The molecule has 1 aliphatic heterocycles. The number of benzene rings is 1. The fourth-order valence-electron chi connectivity index (χ4n) is 8.78. The van der Waals surface area contributed by atoms with Crippen LogP contribution >= 0.6 is 0 Å². The molecule has 4 rings (SSSR count). The van der Waals surface area contributed by atoms with Gasteiger partial charge in [0.25, 0.3) is 0 Å². The standard InChI is InChI=1S/C32H49NO7S/c1-10-17-30(20-26(34)38-9,24-14-12-11-13-15-24)29(8)27(35)39-32(40-29)19-25-16-18-31(32,28(25,6)7)21-41(36,37)33(22(2)3)23(4)5/h11-15,22-23,25H,10,16-21H2,1-9H3/t25-,29+,30-,31+,32-/m1/s1. The van der Waals surface area contributed by atoms with E-state index in [1.807, 2.05) is 65.0 Å². The van der Waals surface area contributed by atoms with Crippen molar-refractivity contribution in [3.8, 4) is 0 Å². The highest BCUT2D eigenvalue weighted by atomic mass is 32.2.